The number of rotatable bonds is 18. The molecule has 4 aliphatic rings. The summed E-state index contributed by atoms with van der Waals surface area (Å²) in [6, 6.07) is 11.4. The molecule has 0 saturated carbocycles. The van der Waals surface area contributed by atoms with E-state index in [1.807, 2.05) is 17.0 Å². The van der Waals surface area contributed by atoms with E-state index >= 15 is 0 Å². The summed E-state index contributed by atoms with van der Waals surface area (Å²) in [5, 5.41) is 22.9. The number of unbranched alkanes of at least 4 members (excludes halogenated alkanes) is 4. The van der Waals surface area contributed by atoms with Crippen LogP contribution in [-0.4, -0.2) is 119 Å². The zero-order valence-corrected chi connectivity index (χ0v) is 35.2. The van der Waals surface area contributed by atoms with E-state index in [9.17, 15) is 33.9 Å². The van der Waals surface area contributed by atoms with Crippen LogP contribution < -0.4 is 26.2 Å². The van der Waals surface area contributed by atoms with Gasteiger partial charge in [0.15, 0.2) is 0 Å². The molecule has 4 atom stereocenters. The Morgan fingerprint density at radius 3 is 2.41 bits per heavy atom. The Balaban J connectivity index is 0.782. The summed E-state index contributed by atoms with van der Waals surface area (Å²) in [5.74, 6) is -1.59. The fraction of sp³-hybridized carbons (Fsp3) is 0.500. The van der Waals surface area contributed by atoms with E-state index in [0.29, 0.717) is 75.2 Å². The first-order chi connectivity index (χ1) is 29.5. The predicted octanol–water partition coefficient (Wildman–Crippen LogP) is 3.66. The molecule has 16 nitrogen and oxygen atoms in total. The van der Waals surface area contributed by atoms with Crippen LogP contribution in [0.3, 0.4) is 0 Å². The summed E-state index contributed by atoms with van der Waals surface area (Å²) in [6.45, 7) is 6.36. The molecule has 1 aromatic heterocycles. The largest absolute Gasteiger partial charge is 0.387 e. The number of aromatic nitrogens is 2. The van der Waals surface area contributed by atoms with Crippen LogP contribution in [0, 0.1) is 0 Å². The maximum absolute atomic E-state index is 14.0. The monoisotopic (exact) mass is 855 g/mol. The summed E-state index contributed by atoms with van der Waals surface area (Å²) < 4.78 is 0. The number of hydrogen-bond acceptors (Lipinski definition) is 12. The fourth-order valence-electron chi connectivity index (χ4n) is 8.79. The molecular formula is C44H54ClN9O7. The minimum atomic E-state index is -1.01. The van der Waals surface area contributed by atoms with Crippen molar-refractivity contribution in [3.63, 3.8) is 0 Å². The molecule has 17 heteroatoms. The highest BCUT2D eigenvalue weighted by Gasteiger charge is 2.45. The average Bonchev–Trinajstić information content (AvgIpc) is 3.70. The van der Waals surface area contributed by atoms with Gasteiger partial charge in [-0.25, -0.2) is 9.97 Å². The van der Waals surface area contributed by atoms with E-state index in [1.54, 1.807) is 30.3 Å². The highest BCUT2D eigenvalue weighted by atomic mass is 35.5. The number of amides is 6. The third kappa shape index (κ3) is 10.0. The molecule has 2 aromatic carbocycles. The second kappa shape index (κ2) is 19.9. The van der Waals surface area contributed by atoms with Crippen molar-refractivity contribution in [2.45, 2.75) is 88.7 Å². The lowest BCUT2D eigenvalue weighted by Crippen LogP contribution is -2.54. The van der Waals surface area contributed by atoms with Gasteiger partial charge in [0.25, 0.3) is 11.8 Å². The van der Waals surface area contributed by atoms with Gasteiger partial charge in [-0.3, -0.25) is 39.0 Å². The predicted molar refractivity (Wildman–Crippen MR) is 228 cm³/mol. The van der Waals surface area contributed by atoms with Crippen molar-refractivity contribution < 1.29 is 33.9 Å². The Hall–Kier alpha value is -5.45. The van der Waals surface area contributed by atoms with Crippen LogP contribution in [0.1, 0.15) is 120 Å². The zero-order chi connectivity index (χ0) is 43.0. The van der Waals surface area contributed by atoms with Crippen molar-refractivity contribution in [1.29, 1.82) is 0 Å². The number of fused-ring (bicyclic) bond motifs is 2. The Morgan fingerprint density at radius 1 is 0.918 bits per heavy atom. The van der Waals surface area contributed by atoms with Crippen molar-refractivity contribution in [3.8, 4) is 0 Å². The van der Waals surface area contributed by atoms with Crippen molar-refractivity contribution in [1.82, 2.24) is 35.7 Å². The number of carbonyl (C=O) groups is 6. The second-order valence-electron chi connectivity index (χ2n) is 16.2. The maximum Gasteiger partial charge on any atom is 0.264 e. The second-order valence-corrected chi connectivity index (χ2v) is 16.7. The lowest BCUT2D eigenvalue weighted by atomic mass is 9.97. The molecule has 61 heavy (non-hydrogen) atoms. The third-order valence-corrected chi connectivity index (χ3v) is 12.3. The number of halogens is 1. The van der Waals surface area contributed by atoms with Crippen LogP contribution in [0.15, 0.2) is 48.8 Å². The number of anilines is 2. The van der Waals surface area contributed by atoms with Gasteiger partial charge in [0.1, 0.15) is 18.2 Å². The number of carbonyl (C=O) groups excluding carboxylic acids is 6. The molecule has 0 radical (unpaired) electrons. The molecule has 4 heterocycles. The maximum atomic E-state index is 14.0. The zero-order valence-electron chi connectivity index (χ0n) is 34.5. The molecular weight excluding hydrogens is 802 g/mol. The molecule has 1 unspecified atom stereocenters. The number of imide groups is 2. The van der Waals surface area contributed by atoms with Crippen LogP contribution in [0.4, 0.5) is 11.5 Å². The van der Waals surface area contributed by atoms with Crippen LogP contribution in [0.25, 0.3) is 0 Å². The molecule has 324 valence electrons. The Bertz CT molecular complexity index is 2130. The molecule has 7 rings (SSSR count). The van der Waals surface area contributed by atoms with Crippen LogP contribution in [0.5, 0.6) is 0 Å². The number of piperidine rings is 1. The number of nitrogens with one attached hydrogen (secondary N) is 4. The normalized spacial score (nSPS) is 20.4. The lowest BCUT2D eigenvalue weighted by Gasteiger charge is -2.38. The minimum absolute atomic E-state index is 0.0138. The number of benzene rings is 2. The summed E-state index contributed by atoms with van der Waals surface area (Å²) in [4.78, 5) is 91.0. The first-order valence-electron chi connectivity index (χ1n) is 21.4. The first-order valence-corrected chi connectivity index (χ1v) is 21.8. The summed E-state index contributed by atoms with van der Waals surface area (Å²) in [7, 11) is 0. The quantitative estimate of drug-likeness (QED) is 0.0919. The summed E-state index contributed by atoms with van der Waals surface area (Å²) in [5.41, 5.74) is 3.61. The number of aliphatic hydroxyl groups is 1. The van der Waals surface area contributed by atoms with Crippen molar-refractivity contribution in [2.24, 2.45) is 0 Å². The van der Waals surface area contributed by atoms with Gasteiger partial charge in [-0.2, -0.15) is 0 Å². The molecule has 1 aliphatic carbocycles. The van der Waals surface area contributed by atoms with Gasteiger partial charge in [0.05, 0.1) is 28.8 Å². The Labute approximate surface area is 360 Å². The van der Waals surface area contributed by atoms with Crippen molar-refractivity contribution >= 4 is 58.5 Å². The number of nitrogens with zero attached hydrogens (tertiary/aromatic N) is 5. The van der Waals surface area contributed by atoms with Gasteiger partial charge in [0.2, 0.25) is 23.6 Å². The summed E-state index contributed by atoms with van der Waals surface area (Å²) in [6.07, 6.45) is 6.55. The average molecular weight is 856 g/mol. The molecule has 0 bridgehead atoms. The highest BCUT2D eigenvalue weighted by Crippen LogP contribution is 2.43. The van der Waals surface area contributed by atoms with Crippen LogP contribution >= 0.6 is 11.6 Å². The Kier molecular flexibility index (Phi) is 14.3. The topological polar surface area (TPSA) is 206 Å². The molecule has 2 fully saturated rings. The van der Waals surface area contributed by atoms with Gasteiger partial charge in [-0.1, -0.05) is 56.0 Å². The molecule has 0 spiro atoms. The summed E-state index contributed by atoms with van der Waals surface area (Å²) >= 11 is 6.18. The highest BCUT2D eigenvalue weighted by molar-refractivity contribution is 6.30. The van der Waals surface area contributed by atoms with E-state index < -0.39 is 41.7 Å². The number of aliphatic hydroxyl groups excluding tert-OH is 1. The molecule has 6 amide bonds. The number of piperazine rings is 1. The molecule has 2 saturated heterocycles. The van der Waals surface area contributed by atoms with E-state index in [1.165, 1.54) is 6.33 Å². The smallest absolute Gasteiger partial charge is 0.264 e. The number of hydrogen-bond donors (Lipinski definition) is 5. The van der Waals surface area contributed by atoms with Crippen LogP contribution in [-0.2, 0) is 19.2 Å². The molecule has 3 aromatic rings. The van der Waals surface area contributed by atoms with Gasteiger partial charge < -0.3 is 30.9 Å². The van der Waals surface area contributed by atoms with E-state index in [-0.39, 0.29) is 48.1 Å². The van der Waals surface area contributed by atoms with E-state index in [0.717, 1.165) is 53.9 Å². The van der Waals surface area contributed by atoms with Gasteiger partial charge in [-0.15, -0.1) is 0 Å². The first kappa shape index (κ1) is 43.6. The lowest BCUT2D eigenvalue weighted by molar-refractivity contribution is -0.136. The van der Waals surface area contributed by atoms with Gasteiger partial charge in [0, 0.05) is 81.5 Å². The van der Waals surface area contributed by atoms with E-state index in [4.69, 9.17) is 11.6 Å². The SMILES string of the molecule is C[C@@H]1C[C@@H](O)c2ncnc(N3CCN(C(=O)[C@H](CNCCC(=O)NCCCCCCCNc4cccc5c4C(=O)N(C4CCC(=O)NC4=O)C5=O)c4ccc(Cl)cc4)CC3)c21. The van der Waals surface area contributed by atoms with E-state index in [2.05, 4.69) is 43.1 Å². The Morgan fingerprint density at radius 2 is 1.66 bits per heavy atom. The van der Waals surface area contributed by atoms with Gasteiger partial charge in [-0.05, 0) is 61.4 Å². The van der Waals surface area contributed by atoms with Crippen LogP contribution in [0.2, 0.25) is 5.02 Å². The molecule has 3 aliphatic heterocycles. The third-order valence-electron chi connectivity index (χ3n) is 12.1. The minimum Gasteiger partial charge on any atom is -0.387 e. The molecule has 5 N–H and O–H groups in total. The van der Waals surface area contributed by atoms with Crippen molar-refractivity contribution in [3.05, 3.63) is 81.8 Å². The van der Waals surface area contributed by atoms with Gasteiger partial charge >= 0.3 is 0 Å². The fourth-order valence-corrected chi connectivity index (χ4v) is 8.91. The van der Waals surface area contributed by atoms with Crippen molar-refractivity contribution in [2.75, 3.05) is 62.6 Å². The standard InChI is InChI=1S/C44H54ClN9O7/c1-27-24-34(55)39-37(27)40(50-26-49-39)52-20-22-53(23-21-52)42(59)31(28-10-12-29(45)13-11-28)25-46-19-16-35(56)48-18-6-4-2-3-5-17-47-32-9-7-8-30-38(32)44(61)54(43(30)60)33-14-15-36(57)51-41(33)58/h7-13,26-27,31,33-34,46-47,55H,2-6,14-25H2,1H3,(H,48,56)(H,51,57,58)/t27-,31-,33?,34-/m1/s1.